The van der Waals surface area contributed by atoms with E-state index >= 15 is 0 Å². The highest BCUT2D eigenvalue weighted by molar-refractivity contribution is 6.06. The van der Waals surface area contributed by atoms with Gasteiger partial charge in [-0.1, -0.05) is 23.4 Å². The smallest absolute Gasteiger partial charge is 0.278 e. The SMILES string of the molecule is Cc1nonc1C(=O)N1CC[C@H](c2cc(C(=O)N3CCN(C)CC3)c3ccccc3n2)C1. The van der Waals surface area contributed by atoms with Crippen LogP contribution in [0.1, 0.15) is 44.6 Å². The van der Waals surface area contributed by atoms with Gasteiger partial charge in [-0.25, -0.2) is 4.63 Å². The van der Waals surface area contributed by atoms with Crippen molar-refractivity contribution < 1.29 is 14.2 Å². The molecule has 2 aromatic heterocycles. The zero-order chi connectivity index (χ0) is 22.2. The highest BCUT2D eigenvalue weighted by Crippen LogP contribution is 2.30. The van der Waals surface area contributed by atoms with Crippen molar-refractivity contribution in [3.63, 3.8) is 0 Å². The number of aromatic nitrogens is 3. The number of likely N-dealkylation sites (N-methyl/N-ethyl adjacent to an activating group) is 1. The Labute approximate surface area is 185 Å². The second kappa shape index (κ2) is 8.31. The molecule has 9 nitrogen and oxygen atoms in total. The van der Waals surface area contributed by atoms with Crippen LogP contribution in [0.4, 0.5) is 0 Å². The number of rotatable bonds is 3. The summed E-state index contributed by atoms with van der Waals surface area (Å²) in [6, 6.07) is 9.72. The van der Waals surface area contributed by atoms with Crippen LogP contribution in [0, 0.1) is 6.92 Å². The van der Waals surface area contributed by atoms with Crippen LogP contribution >= 0.6 is 0 Å². The van der Waals surface area contributed by atoms with Crippen molar-refractivity contribution in [2.24, 2.45) is 0 Å². The predicted molar refractivity (Wildman–Crippen MR) is 117 cm³/mol. The fraction of sp³-hybridized carbons (Fsp3) is 0.435. The fourth-order valence-corrected chi connectivity index (χ4v) is 4.52. The minimum atomic E-state index is -0.180. The van der Waals surface area contributed by atoms with E-state index in [2.05, 4.69) is 26.9 Å². The molecule has 5 rings (SSSR count). The number of nitrogens with zero attached hydrogens (tertiary/aromatic N) is 6. The van der Waals surface area contributed by atoms with Gasteiger partial charge in [0.25, 0.3) is 11.8 Å². The zero-order valence-corrected chi connectivity index (χ0v) is 18.3. The summed E-state index contributed by atoms with van der Waals surface area (Å²) < 4.78 is 4.69. The molecule has 0 N–H and O–H groups in total. The third-order valence-electron chi connectivity index (χ3n) is 6.51. The molecule has 2 aliphatic heterocycles. The van der Waals surface area contributed by atoms with Gasteiger partial charge in [0.15, 0.2) is 5.69 Å². The standard InChI is InChI=1S/C23H26N6O3/c1-15-21(26-32-25-15)23(31)29-8-7-16(14-29)20-13-18(17-5-3-4-6-19(17)24-20)22(30)28-11-9-27(2)10-12-28/h3-6,13,16H,7-12,14H2,1-2H3/t16-/m0/s1. The van der Waals surface area contributed by atoms with E-state index in [-0.39, 0.29) is 23.4 Å². The van der Waals surface area contributed by atoms with Crippen LogP contribution in [0.5, 0.6) is 0 Å². The first-order chi connectivity index (χ1) is 15.5. The number of fused-ring (bicyclic) bond motifs is 1. The van der Waals surface area contributed by atoms with Crippen LogP contribution in [0.3, 0.4) is 0 Å². The van der Waals surface area contributed by atoms with Gasteiger partial charge in [0.05, 0.1) is 11.1 Å². The lowest BCUT2D eigenvalue weighted by molar-refractivity contribution is 0.0665. The van der Waals surface area contributed by atoms with Gasteiger partial charge in [0.1, 0.15) is 5.69 Å². The lowest BCUT2D eigenvalue weighted by Crippen LogP contribution is -2.47. The number of aryl methyl sites for hydroxylation is 1. The van der Waals surface area contributed by atoms with Crippen molar-refractivity contribution in [3.05, 3.63) is 53.0 Å². The summed E-state index contributed by atoms with van der Waals surface area (Å²) in [7, 11) is 2.07. The van der Waals surface area contributed by atoms with E-state index < -0.39 is 0 Å². The third kappa shape index (κ3) is 3.73. The third-order valence-corrected chi connectivity index (χ3v) is 6.51. The van der Waals surface area contributed by atoms with E-state index in [0.29, 0.717) is 24.3 Å². The van der Waals surface area contributed by atoms with Gasteiger partial charge in [0.2, 0.25) is 0 Å². The highest BCUT2D eigenvalue weighted by Gasteiger charge is 2.32. The first-order valence-electron chi connectivity index (χ1n) is 11.0. The van der Waals surface area contributed by atoms with E-state index in [9.17, 15) is 9.59 Å². The van der Waals surface area contributed by atoms with Gasteiger partial charge in [-0.3, -0.25) is 14.6 Å². The van der Waals surface area contributed by atoms with Crippen molar-refractivity contribution in [3.8, 4) is 0 Å². The van der Waals surface area contributed by atoms with Crippen LogP contribution in [0.2, 0.25) is 0 Å². The summed E-state index contributed by atoms with van der Waals surface area (Å²) in [4.78, 5) is 37.0. The molecule has 2 amide bonds. The Hall–Kier alpha value is -3.33. The van der Waals surface area contributed by atoms with Gasteiger partial charge >= 0.3 is 0 Å². The van der Waals surface area contributed by atoms with Crippen molar-refractivity contribution >= 4 is 22.7 Å². The van der Waals surface area contributed by atoms with Crippen molar-refractivity contribution in [2.45, 2.75) is 19.3 Å². The minimum absolute atomic E-state index is 0.0492. The lowest BCUT2D eigenvalue weighted by Gasteiger charge is -2.32. The Kier molecular flexibility index (Phi) is 5.34. The van der Waals surface area contributed by atoms with Gasteiger partial charge < -0.3 is 14.7 Å². The number of carbonyl (C=O) groups excluding carboxylic acids is 2. The average molecular weight is 435 g/mol. The van der Waals surface area contributed by atoms with Crippen LogP contribution in [-0.4, -0.2) is 88.1 Å². The van der Waals surface area contributed by atoms with E-state index in [0.717, 1.165) is 49.2 Å². The van der Waals surface area contributed by atoms with Gasteiger partial charge in [0, 0.05) is 56.3 Å². The molecule has 4 heterocycles. The van der Waals surface area contributed by atoms with Crippen LogP contribution < -0.4 is 0 Å². The molecule has 0 spiro atoms. The Morgan fingerprint density at radius 3 is 2.53 bits per heavy atom. The average Bonchev–Trinajstić information content (AvgIpc) is 3.47. The highest BCUT2D eigenvalue weighted by atomic mass is 16.6. The van der Waals surface area contributed by atoms with Crippen LogP contribution in [0.15, 0.2) is 35.0 Å². The molecule has 0 bridgehead atoms. The molecule has 0 unspecified atom stereocenters. The summed E-state index contributed by atoms with van der Waals surface area (Å²) in [5.74, 6) is -0.0725. The normalized spacial score (nSPS) is 19.6. The van der Waals surface area contributed by atoms with Crippen LogP contribution in [-0.2, 0) is 0 Å². The number of benzene rings is 1. The molecule has 1 atom stereocenters. The Bertz CT molecular complexity index is 1170. The molecule has 2 saturated heterocycles. The summed E-state index contributed by atoms with van der Waals surface area (Å²) in [5.41, 5.74) is 3.09. The molecular weight excluding hydrogens is 408 g/mol. The number of para-hydroxylation sites is 1. The molecule has 0 aliphatic carbocycles. The zero-order valence-electron chi connectivity index (χ0n) is 18.3. The van der Waals surface area contributed by atoms with Crippen molar-refractivity contribution in [2.75, 3.05) is 46.3 Å². The monoisotopic (exact) mass is 434 g/mol. The maximum atomic E-state index is 13.4. The summed E-state index contributed by atoms with van der Waals surface area (Å²) >= 11 is 0. The molecule has 2 aliphatic rings. The molecule has 3 aromatic rings. The number of hydrogen-bond donors (Lipinski definition) is 0. The van der Waals surface area contributed by atoms with Crippen molar-refractivity contribution in [1.29, 1.82) is 0 Å². The van der Waals surface area contributed by atoms with E-state index in [1.807, 2.05) is 35.2 Å². The first kappa shape index (κ1) is 20.6. The number of amides is 2. The summed E-state index contributed by atoms with van der Waals surface area (Å²) in [5, 5.41) is 8.33. The number of piperazine rings is 1. The minimum Gasteiger partial charge on any atom is -0.336 e. The van der Waals surface area contributed by atoms with Gasteiger partial charge in [-0.15, -0.1) is 0 Å². The number of hydrogen-bond acceptors (Lipinski definition) is 7. The number of carbonyl (C=O) groups is 2. The molecule has 1 aromatic carbocycles. The fourth-order valence-electron chi connectivity index (χ4n) is 4.52. The van der Waals surface area contributed by atoms with Crippen molar-refractivity contribution in [1.82, 2.24) is 30.0 Å². The molecule has 2 fully saturated rings. The topological polar surface area (TPSA) is 95.7 Å². The van der Waals surface area contributed by atoms with Gasteiger partial charge in [-0.2, -0.15) is 0 Å². The largest absolute Gasteiger partial charge is 0.336 e. The second-order valence-electron chi connectivity index (χ2n) is 8.64. The Morgan fingerprint density at radius 2 is 1.78 bits per heavy atom. The van der Waals surface area contributed by atoms with Crippen LogP contribution in [0.25, 0.3) is 10.9 Å². The first-order valence-corrected chi connectivity index (χ1v) is 11.0. The van der Waals surface area contributed by atoms with E-state index in [1.54, 1.807) is 11.8 Å². The summed E-state index contributed by atoms with van der Waals surface area (Å²) in [6.07, 6.45) is 0.781. The number of likely N-dealkylation sites (tertiary alicyclic amines) is 1. The number of pyridine rings is 1. The van der Waals surface area contributed by atoms with E-state index in [4.69, 9.17) is 4.98 Å². The molecule has 166 valence electrons. The Balaban J connectivity index is 1.43. The lowest BCUT2D eigenvalue weighted by atomic mass is 9.98. The maximum Gasteiger partial charge on any atom is 0.278 e. The maximum absolute atomic E-state index is 13.4. The quantitative estimate of drug-likeness (QED) is 0.622. The Morgan fingerprint density at radius 1 is 1.00 bits per heavy atom. The molecule has 9 heteroatoms. The molecule has 0 saturated carbocycles. The second-order valence-corrected chi connectivity index (χ2v) is 8.64. The predicted octanol–water partition coefficient (Wildman–Crippen LogP) is 1.94. The van der Waals surface area contributed by atoms with Gasteiger partial charge in [-0.05, 0) is 37.7 Å². The summed E-state index contributed by atoms with van der Waals surface area (Å²) in [6.45, 7) is 6.02. The molecular formula is C23H26N6O3. The van der Waals surface area contributed by atoms with E-state index in [1.165, 1.54) is 0 Å². The molecule has 0 radical (unpaired) electrons. The molecule has 32 heavy (non-hydrogen) atoms.